The molecule has 50 heavy (non-hydrogen) atoms. The Morgan fingerprint density at radius 3 is 1.92 bits per heavy atom. The summed E-state index contributed by atoms with van der Waals surface area (Å²) in [6.07, 6.45) is -2.94. The van der Waals surface area contributed by atoms with Gasteiger partial charge in [-0.2, -0.15) is 0 Å². The molecular formula is C32H46N6O12. The third-order valence-electron chi connectivity index (χ3n) is 7.87. The Morgan fingerprint density at radius 2 is 1.38 bits per heavy atom. The largest absolute Gasteiger partial charge is 0.481 e. The highest BCUT2D eigenvalue weighted by molar-refractivity contribution is 5.98. The number of carbonyl (C=O) groups is 8. The molecule has 276 valence electrons. The molecule has 7 atom stereocenters. The molecule has 10 N–H and O–H groups in total. The van der Waals surface area contributed by atoms with Crippen molar-refractivity contribution in [2.24, 2.45) is 11.7 Å². The molecule has 1 aliphatic heterocycles. The molecule has 0 aromatic heterocycles. The first kappa shape index (κ1) is 41.1. The van der Waals surface area contributed by atoms with Crippen LogP contribution < -0.4 is 27.0 Å². The molecule has 0 bridgehead atoms. The zero-order chi connectivity index (χ0) is 37.7. The van der Waals surface area contributed by atoms with Gasteiger partial charge >= 0.3 is 17.9 Å². The van der Waals surface area contributed by atoms with Crippen LogP contribution in [-0.2, 0) is 44.8 Å². The fourth-order valence-corrected chi connectivity index (χ4v) is 5.39. The molecule has 0 radical (unpaired) electrons. The number of carboxylic acid groups (broad SMARTS) is 3. The molecule has 1 fully saturated rings. The van der Waals surface area contributed by atoms with Gasteiger partial charge < -0.3 is 52.3 Å². The maximum Gasteiger partial charge on any atom is 0.326 e. The van der Waals surface area contributed by atoms with E-state index in [0.29, 0.717) is 12.0 Å². The van der Waals surface area contributed by atoms with E-state index in [4.69, 9.17) is 5.73 Å². The lowest BCUT2D eigenvalue weighted by Crippen LogP contribution is -2.61. The Bertz CT molecular complexity index is 1400. The highest BCUT2D eigenvalue weighted by Gasteiger charge is 2.41. The van der Waals surface area contributed by atoms with Gasteiger partial charge in [0, 0.05) is 13.0 Å². The average Bonchev–Trinajstić information content (AvgIpc) is 3.52. The highest BCUT2D eigenvalue weighted by Crippen LogP contribution is 2.20. The average molecular weight is 707 g/mol. The van der Waals surface area contributed by atoms with Crippen molar-refractivity contribution in [3.63, 3.8) is 0 Å². The normalized spacial score (nSPS) is 17.7. The van der Waals surface area contributed by atoms with Crippen LogP contribution in [0.3, 0.4) is 0 Å². The van der Waals surface area contributed by atoms with E-state index in [9.17, 15) is 58.8 Å². The quantitative estimate of drug-likeness (QED) is 0.0749. The number of hydrogen-bond acceptors (Lipinski definition) is 10. The number of carboxylic acids is 3. The van der Waals surface area contributed by atoms with E-state index < -0.39 is 103 Å². The molecule has 18 heteroatoms. The zero-order valence-corrected chi connectivity index (χ0v) is 28.0. The first-order valence-corrected chi connectivity index (χ1v) is 16.1. The number of nitrogens with zero attached hydrogens (tertiary/aromatic N) is 1. The van der Waals surface area contributed by atoms with Crippen LogP contribution in [-0.4, -0.2) is 122 Å². The van der Waals surface area contributed by atoms with E-state index in [0.717, 1.165) is 11.8 Å². The van der Waals surface area contributed by atoms with Gasteiger partial charge in [0.2, 0.25) is 29.5 Å². The molecule has 5 amide bonds. The van der Waals surface area contributed by atoms with Gasteiger partial charge in [-0.3, -0.25) is 33.6 Å². The van der Waals surface area contributed by atoms with Gasteiger partial charge in [-0.1, -0.05) is 44.2 Å². The molecular weight excluding hydrogens is 660 g/mol. The first-order chi connectivity index (χ1) is 23.4. The summed E-state index contributed by atoms with van der Waals surface area (Å²) < 4.78 is 0. The first-order valence-electron chi connectivity index (χ1n) is 16.1. The maximum absolute atomic E-state index is 13.6. The second kappa shape index (κ2) is 19.2. The summed E-state index contributed by atoms with van der Waals surface area (Å²) in [5.74, 6) is -9.33. The number of rotatable bonds is 19. The van der Waals surface area contributed by atoms with Crippen molar-refractivity contribution in [1.29, 1.82) is 0 Å². The van der Waals surface area contributed by atoms with Gasteiger partial charge in [0.1, 0.15) is 30.2 Å². The van der Waals surface area contributed by atoms with Gasteiger partial charge in [-0.05, 0) is 37.7 Å². The number of benzene rings is 1. The Morgan fingerprint density at radius 1 is 0.800 bits per heavy atom. The molecule has 18 nitrogen and oxygen atoms in total. The van der Waals surface area contributed by atoms with Crippen molar-refractivity contribution < 1.29 is 58.8 Å². The van der Waals surface area contributed by atoms with Crippen molar-refractivity contribution in [2.75, 3.05) is 6.54 Å². The van der Waals surface area contributed by atoms with Crippen molar-refractivity contribution in [3.8, 4) is 0 Å². The summed E-state index contributed by atoms with van der Waals surface area (Å²) in [7, 11) is 0. The number of amides is 5. The van der Waals surface area contributed by atoms with Gasteiger partial charge in [-0.25, -0.2) is 4.79 Å². The lowest BCUT2D eigenvalue weighted by atomic mass is 10.0. The van der Waals surface area contributed by atoms with Crippen molar-refractivity contribution >= 4 is 47.4 Å². The molecule has 1 aliphatic rings. The standard InChI is InChI=1S/C32H46N6O12/c1-16(2)12-19(33)27(44)34-20(14-24(40)41)28(45)37-26(17(3)39)30(47)35-21(15-25(42)43)31(48)38-11-7-10-23(38)29(46)36-22(32(49)50)13-18-8-5-4-6-9-18/h4-6,8-9,16-17,19-23,26,39H,7,10-15,33H2,1-3H3,(H,34,44)(H,35,47)(H,36,46)(H,37,45)(H,40,41)(H,42,43)(H,49,50)/t17-,19+,20+,21+,22+,23-,26+/m1/s1. The third-order valence-corrected chi connectivity index (χ3v) is 7.87. The summed E-state index contributed by atoms with van der Waals surface area (Å²) in [5.41, 5.74) is 6.47. The summed E-state index contributed by atoms with van der Waals surface area (Å²) in [4.78, 5) is 102. The fourth-order valence-electron chi connectivity index (χ4n) is 5.39. The summed E-state index contributed by atoms with van der Waals surface area (Å²) >= 11 is 0. The molecule has 1 heterocycles. The summed E-state index contributed by atoms with van der Waals surface area (Å²) in [5, 5.41) is 47.9. The number of aliphatic carboxylic acids is 3. The zero-order valence-electron chi connectivity index (χ0n) is 28.0. The second-order valence-electron chi connectivity index (χ2n) is 12.6. The van der Waals surface area contributed by atoms with E-state index in [1.165, 1.54) is 0 Å². The van der Waals surface area contributed by atoms with Crippen LogP contribution >= 0.6 is 0 Å². The lowest BCUT2D eigenvalue weighted by Gasteiger charge is -2.30. The lowest BCUT2D eigenvalue weighted by molar-refractivity contribution is -0.147. The minimum absolute atomic E-state index is 0.00112. The van der Waals surface area contributed by atoms with Gasteiger partial charge in [-0.15, -0.1) is 0 Å². The number of aliphatic hydroxyl groups excluding tert-OH is 1. The van der Waals surface area contributed by atoms with Gasteiger partial charge in [0.15, 0.2) is 0 Å². The number of likely N-dealkylation sites (tertiary alicyclic amines) is 1. The molecule has 1 aromatic carbocycles. The van der Waals surface area contributed by atoms with E-state index in [2.05, 4.69) is 21.3 Å². The number of carbonyl (C=O) groups excluding carboxylic acids is 5. The van der Waals surface area contributed by atoms with Crippen LogP contribution in [0.4, 0.5) is 0 Å². The van der Waals surface area contributed by atoms with E-state index in [1.54, 1.807) is 44.2 Å². The predicted octanol–water partition coefficient (Wildman–Crippen LogP) is -2.05. The van der Waals surface area contributed by atoms with Crippen LogP contribution in [0.15, 0.2) is 30.3 Å². The smallest absolute Gasteiger partial charge is 0.326 e. The summed E-state index contributed by atoms with van der Waals surface area (Å²) in [6, 6.07) is -0.461. The Balaban J connectivity index is 2.22. The monoisotopic (exact) mass is 706 g/mol. The van der Waals surface area contributed by atoms with Crippen molar-refractivity contribution in [2.45, 2.75) is 102 Å². The number of aliphatic hydroxyl groups is 1. The van der Waals surface area contributed by atoms with E-state index >= 15 is 0 Å². The maximum atomic E-state index is 13.6. The van der Waals surface area contributed by atoms with Crippen molar-refractivity contribution in [1.82, 2.24) is 26.2 Å². The minimum atomic E-state index is -1.85. The number of nitrogens with two attached hydrogens (primary N) is 1. The molecule has 2 rings (SSSR count). The van der Waals surface area contributed by atoms with Crippen LogP contribution in [0.2, 0.25) is 0 Å². The Labute approximate surface area is 288 Å². The second-order valence-corrected chi connectivity index (χ2v) is 12.6. The molecule has 0 spiro atoms. The summed E-state index contributed by atoms with van der Waals surface area (Å²) in [6.45, 7) is 4.66. The number of hydrogen-bond donors (Lipinski definition) is 9. The molecule has 1 saturated heterocycles. The van der Waals surface area contributed by atoms with Crippen LogP contribution in [0.1, 0.15) is 58.4 Å². The van der Waals surface area contributed by atoms with E-state index in [-0.39, 0.29) is 31.7 Å². The van der Waals surface area contributed by atoms with Crippen LogP contribution in [0.25, 0.3) is 0 Å². The third kappa shape index (κ3) is 12.7. The predicted molar refractivity (Wildman–Crippen MR) is 174 cm³/mol. The SMILES string of the molecule is CC(C)C[C@H](N)C(=O)N[C@@H](CC(=O)O)C(=O)N[C@H](C(=O)N[C@@H](CC(=O)O)C(=O)N1CCC[C@@H]1C(=O)N[C@@H](Cc1ccccc1)C(=O)O)[C@@H](C)O. The van der Waals surface area contributed by atoms with E-state index in [1.807, 2.05) is 0 Å². The van der Waals surface area contributed by atoms with Gasteiger partial charge in [0.05, 0.1) is 25.0 Å². The minimum Gasteiger partial charge on any atom is -0.481 e. The van der Waals surface area contributed by atoms with Crippen LogP contribution in [0, 0.1) is 5.92 Å². The topological polar surface area (TPSA) is 295 Å². The molecule has 0 unspecified atom stereocenters. The van der Waals surface area contributed by atoms with Gasteiger partial charge in [0.25, 0.3) is 0 Å². The highest BCUT2D eigenvalue weighted by atomic mass is 16.4. The van der Waals surface area contributed by atoms with Crippen molar-refractivity contribution in [3.05, 3.63) is 35.9 Å². The molecule has 1 aromatic rings. The Kier molecular flexibility index (Phi) is 15.8. The molecule has 0 aliphatic carbocycles. The van der Waals surface area contributed by atoms with Crippen LogP contribution in [0.5, 0.6) is 0 Å². The fraction of sp³-hybridized carbons (Fsp3) is 0.562. The number of nitrogens with one attached hydrogen (secondary N) is 4. The molecule has 0 saturated carbocycles. The Hall–Kier alpha value is -5.10.